The second-order valence-corrected chi connectivity index (χ2v) is 5.57. The molecule has 19 heavy (non-hydrogen) atoms. The van der Waals surface area contributed by atoms with E-state index in [1.807, 2.05) is 0 Å². The molecule has 1 aliphatic rings. The molecule has 5 heteroatoms. The Labute approximate surface area is 113 Å². The van der Waals surface area contributed by atoms with E-state index < -0.39 is 0 Å². The van der Waals surface area contributed by atoms with Crippen LogP contribution >= 0.6 is 0 Å². The first-order valence-electron chi connectivity index (χ1n) is 6.94. The summed E-state index contributed by atoms with van der Waals surface area (Å²) in [4.78, 5) is 14.5. The van der Waals surface area contributed by atoms with Crippen molar-refractivity contribution in [3.8, 4) is 0 Å². The van der Waals surface area contributed by atoms with Crippen LogP contribution in [0.25, 0.3) is 0 Å². The van der Waals surface area contributed by atoms with Gasteiger partial charge in [-0.05, 0) is 38.2 Å². The number of nitro groups is 1. The first-order chi connectivity index (χ1) is 9.06. The van der Waals surface area contributed by atoms with Gasteiger partial charge in [0.1, 0.15) is 12.0 Å². The van der Waals surface area contributed by atoms with Crippen LogP contribution in [0.5, 0.6) is 0 Å². The average Bonchev–Trinajstić information content (AvgIpc) is 2.54. The maximum absolute atomic E-state index is 10.7. The van der Waals surface area contributed by atoms with Crippen LogP contribution in [-0.4, -0.2) is 15.9 Å². The SMILES string of the molecule is Cc1cc(NC2CCCC(C)CC2)ncc1[N+](=O)[O-]. The molecule has 0 saturated heterocycles. The number of rotatable bonds is 3. The van der Waals surface area contributed by atoms with Gasteiger partial charge in [0.15, 0.2) is 0 Å². The topological polar surface area (TPSA) is 68.1 Å². The molecule has 0 aromatic carbocycles. The Morgan fingerprint density at radius 3 is 2.84 bits per heavy atom. The molecule has 104 valence electrons. The van der Waals surface area contributed by atoms with Crippen molar-refractivity contribution in [2.24, 2.45) is 5.92 Å². The third kappa shape index (κ3) is 3.66. The molecular weight excluding hydrogens is 242 g/mol. The highest BCUT2D eigenvalue weighted by Gasteiger charge is 2.17. The summed E-state index contributed by atoms with van der Waals surface area (Å²) < 4.78 is 0. The summed E-state index contributed by atoms with van der Waals surface area (Å²) in [7, 11) is 0. The number of nitrogens with zero attached hydrogens (tertiary/aromatic N) is 2. The standard InChI is InChI=1S/C14H21N3O2/c1-10-4-3-5-12(7-6-10)16-14-8-11(2)13(9-15-14)17(18)19/h8-10,12H,3-7H2,1-2H3,(H,15,16). The molecule has 1 fully saturated rings. The van der Waals surface area contributed by atoms with E-state index in [1.54, 1.807) is 13.0 Å². The number of pyridine rings is 1. The molecule has 1 N–H and O–H groups in total. The zero-order valence-corrected chi connectivity index (χ0v) is 11.6. The van der Waals surface area contributed by atoms with Crippen molar-refractivity contribution in [2.45, 2.75) is 52.0 Å². The normalized spacial score (nSPS) is 23.7. The zero-order chi connectivity index (χ0) is 13.8. The van der Waals surface area contributed by atoms with Crippen LogP contribution in [0.1, 0.15) is 44.6 Å². The molecule has 5 nitrogen and oxygen atoms in total. The molecule has 1 aromatic rings. The quantitative estimate of drug-likeness (QED) is 0.513. The Hall–Kier alpha value is -1.65. The van der Waals surface area contributed by atoms with E-state index >= 15 is 0 Å². The van der Waals surface area contributed by atoms with Crippen LogP contribution in [0.3, 0.4) is 0 Å². The highest BCUT2D eigenvalue weighted by Crippen LogP contribution is 2.25. The molecule has 0 radical (unpaired) electrons. The van der Waals surface area contributed by atoms with Crippen LogP contribution < -0.4 is 5.32 Å². The number of nitrogens with one attached hydrogen (secondary N) is 1. The van der Waals surface area contributed by atoms with Crippen molar-refractivity contribution < 1.29 is 4.92 Å². The maximum Gasteiger partial charge on any atom is 0.290 e. The second-order valence-electron chi connectivity index (χ2n) is 5.57. The summed E-state index contributed by atoms with van der Waals surface area (Å²) >= 11 is 0. The van der Waals surface area contributed by atoms with Crippen molar-refractivity contribution in [3.63, 3.8) is 0 Å². The van der Waals surface area contributed by atoms with Crippen molar-refractivity contribution in [2.75, 3.05) is 5.32 Å². The van der Waals surface area contributed by atoms with Crippen LogP contribution in [0.2, 0.25) is 0 Å². The Morgan fingerprint density at radius 1 is 1.37 bits per heavy atom. The molecule has 0 aliphatic heterocycles. The van der Waals surface area contributed by atoms with Gasteiger partial charge in [0.25, 0.3) is 5.69 Å². The van der Waals surface area contributed by atoms with E-state index in [0.29, 0.717) is 11.6 Å². The molecule has 2 rings (SSSR count). The fourth-order valence-corrected chi connectivity index (χ4v) is 2.66. The van der Waals surface area contributed by atoms with Crippen molar-refractivity contribution >= 4 is 11.5 Å². The number of hydrogen-bond acceptors (Lipinski definition) is 4. The Balaban J connectivity index is 2.03. The summed E-state index contributed by atoms with van der Waals surface area (Å²) in [5, 5.41) is 14.2. The molecular formula is C14H21N3O2. The molecule has 0 bridgehead atoms. The van der Waals surface area contributed by atoms with Gasteiger partial charge in [-0.25, -0.2) is 4.98 Å². The lowest BCUT2D eigenvalue weighted by molar-refractivity contribution is -0.385. The summed E-state index contributed by atoms with van der Waals surface area (Å²) in [6, 6.07) is 2.21. The van der Waals surface area contributed by atoms with E-state index in [4.69, 9.17) is 0 Å². The third-order valence-electron chi connectivity index (χ3n) is 3.89. The van der Waals surface area contributed by atoms with Gasteiger partial charge in [-0.2, -0.15) is 0 Å². The Morgan fingerprint density at radius 2 is 2.16 bits per heavy atom. The van der Waals surface area contributed by atoms with Gasteiger partial charge in [0.05, 0.1) is 4.92 Å². The minimum absolute atomic E-state index is 0.0834. The van der Waals surface area contributed by atoms with Gasteiger partial charge in [-0.3, -0.25) is 10.1 Å². The molecule has 0 spiro atoms. The van der Waals surface area contributed by atoms with Crippen molar-refractivity contribution in [1.29, 1.82) is 0 Å². The van der Waals surface area contributed by atoms with Crippen LogP contribution in [-0.2, 0) is 0 Å². The van der Waals surface area contributed by atoms with Gasteiger partial charge in [0.2, 0.25) is 0 Å². The van der Waals surface area contributed by atoms with Gasteiger partial charge < -0.3 is 5.32 Å². The summed E-state index contributed by atoms with van der Waals surface area (Å²) in [6.07, 6.45) is 7.43. The van der Waals surface area contributed by atoms with Gasteiger partial charge in [-0.15, -0.1) is 0 Å². The number of anilines is 1. The largest absolute Gasteiger partial charge is 0.367 e. The monoisotopic (exact) mass is 263 g/mol. The first-order valence-corrected chi connectivity index (χ1v) is 6.94. The first kappa shape index (κ1) is 13.8. The van der Waals surface area contributed by atoms with E-state index in [-0.39, 0.29) is 10.6 Å². The zero-order valence-electron chi connectivity index (χ0n) is 11.6. The number of aryl methyl sites for hydroxylation is 1. The molecule has 1 saturated carbocycles. The molecule has 2 unspecified atom stereocenters. The second kappa shape index (κ2) is 5.99. The third-order valence-corrected chi connectivity index (χ3v) is 3.89. The van der Waals surface area contributed by atoms with Gasteiger partial charge >= 0.3 is 0 Å². The molecule has 1 heterocycles. The van der Waals surface area contributed by atoms with Gasteiger partial charge in [-0.1, -0.05) is 19.8 Å². The van der Waals surface area contributed by atoms with E-state index in [2.05, 4.69) is 17.2 Å². The lowest BCUT2D eigenvalue weighted by Crippen LogP contribution is -2.19. The molecule has 1 aliphatic carbocycles. The molecule has 2 atom stereocenters. The fourth-order valence-electron chi connectivity index (χ4n) is 2.66. The maximum atomic E-state index is 10.7. The minimum Gasteiger partial charge on any atom is -0.367 e. The predicted octanol–water partition coefficient (Wildman–Crippen LogP) is 3.68. The smallest absolute Gasteiger partial charge is 0.290 e. The lowest BCUT2D eigenvalue weighted by atomic mass is 10.0. The summed E-state index contributed by atoms with van der Waals surface area (Å²) in [6.45, 7) is 4.05. The minimum atomic E-state index is -0.389. The van der Waals surface area contributed by atoms with E-state index in [0.717, 1.165) is 24.6 Å². The Kier molecular flexibility index (Phi) is 4.35. The number of hydrogen-bond donors (Lipinski definition) is 1. The van der Waals surface area contributed by atoms with Gasteiger partial charge in [0, 0.05) is 11.6 Å². The van der Waals surface area contributed by atoms with Crippen molar-refractivity contribution in [1.82, 2.24) is 4.98 Å². The summed E-state index contributed by atoms with van der Waals surface area (Å²) in [5.74, 6) is 1.56. The predicted molar refractivity (Wildman–Crippen MR) is 75.3 cm³/mol. The van der Waals surface area contributed by atoms with Crippen LogP contribution in [0.15, 0.2) is 12.3 Å². The Bertz CT molecular complexity index is 462. The van der Waals surface area contributed by atoms with E-state index in [9.17, 15) is 10.1 Å². The number of aromatic nitrogens is 1. The summed E-state index contributed by atoms with van der Waals surface area (Å²) in [5.41, 5.74) is 0.740. The van der Waals surface area contributed by atoms with Crippen LogP contribution in [0, 0.1) is 23.0 Å². The van der Waals surface area contributed by atoms with Crippen LogP contribution in [0.4, 0.5) is 11.5 Å². The lowest BCUT2D eigenvalue weighted by Gasteiger charge is -2.17. The highest BCUT2D eigenvalue weighted by atomic mass is 16.6. The van der Waals surface area contributed by atoms with E-state index in [1.165, 1.54) is 25.5 Å². The fraction of sp³-hybridized carbons (Fsp3) is 0.643. The average molecular weight is 263 g/mol. The molecule has 0 amide bonds. The molecule has 1 aromatic heterocycles. The highest BCUT2D eigenvalue weighted by molar-refractivity contribution is 5.47. The van der Waals surface area contributed by atoms with Crippen molar-refractivity contribution in [3.05, 3.63) is 27.9 Å².